The molecule has 3 rings (SSSR count). The van der Waals surface area contributed by atoms with Crippen LogP contribution in [-0.2, 0) is 11.2 Å². The Bertz CT molecular complexity index is 863. The molecule has 0 aliphatic heterocycles. The van der Waals surface area contributed by atoms with Crippen LogP contribution in [0.3, 0.4) is 0 Å². The number of rotatable bonds is 8. The van der Waals surface area contributed by atoms with Crippen LogP contribution < -0.4 is 0 Å². The molecule has 136 valence electrons. The van der Waals surface area contributed by atoms with Gasteiger partial charge in [0.2, 0.25) is 5.82 Å². The van der Waals surface area contributed by atoms with Crippen molar-refractivity contribution in [3.63, 3.8) is 0 Å². The highest BCUT2D eigenvalue weighted by Crippen LogP contribution is 2.08. The lowest BCUT2D eigenvalue weighted by Gasteiger charge is -2.20. The van der Waals surface area contributed by atoms with Crippen molar-refractivity contribution in [1.82, 2.24) is 24.5 Å². The molecule has 0 N–H and O–H groups in total. The highest BCUT2D eigenvalue weighted by molar-refractivity contribution is 5.90. The first-order valence-electron chi connectivity index (χ1n) is 8.69. The van der Waals surface area contributed by atoms with Crippen molar-refractivity contribution in [3.8, 4) is 0 Å². The second-order valence-corrected chi connectivity index (χ2v) is 6.11. The van der Waals surface area contributed by atoms with Crippen LogP contribution in [0.25, 0.3) is 5.78 Å². The molecule has 0 atom stereocenters. The van der Waals surface area contributed by atoms with Crippen molar-refractivity contribution < 1.29 is 9.53 Å². The smallest absolute Gasteiger partial charge is 0.293 e. The fraction of sp³-hybridized carbons (Fsp3) is 0.368. The van der Waals surface area contributed by atoms with Gasteiger partial charge in [-0.1, -0.05) is 30.3 Å². The van der Waals surface area contributed by atoms with Gasteiger partial charge in [0.25, 0.3) is 11.7 Å². The molecule has 3 aromatic rings. The molecule has 0 bridgehead atoms. The van der Waals surface area contributed by atoms with Crippen molar-refractivity contribution in [3.05, 3.63) is 59.7 Å². The normalized spacial score (nSPS) is 11.0. The number of carbonyl (C=O) groups is 1. The van der Waals surface area contributed by atoms with Crippen LogP contribution in [0.5, 0.6) is 0 Å². The summed E-state index contributed by atoms with van der Waals surface area (Å²) in [7, 11) is 1.63. The summed E-state index contributed by atoms with van der Waals surface area (Å²) in [6.45, 7) is 3.51. The summed E-state index contributed by atoms with van der Waals surface area (Å²) in [5.74, 6) is 0.409. The van der Waals surface area contributed by atoms with Crippen molar-refractivity contribution in [2.24, 2.45) is 0 Å². The molecule has 0 aliphatic rings. The zero-order valence-corrected chi connectivity index (χ0v) is 15.1. The van der Waals surface area contributed by atoms with Gasteiger partial charge in [0, 0.05) is 32.1 Å². The summed E-state index contributed by atoms with van der Waals surface area (Å²) in [4.78, 5) is 23.1. The molecule has 7 nitrogen and oxygen atoms in total. The van der Waals surface area contributed by atoms with E-state index in [9.17, 15) is 4.79 Å². The molecule has 0 saturated carbocycles. The van der Waals surface area contributed by atoms with E-state index in [1.165, 1.54) is 5.56 Å². The molecule has 0 unspecified atom stereocenters. The van der Waals surface area contributed by atoms with Gasteiger partial charge < -0.3 is 9.64 Å². The van der Waals surface area contributed by atoms with E-state index in [1.807, 2.05) is 31.2 Å². The Kier molecular flexibility index (Phi) is 5.91. The zero-order chi connectivity index (χ0) is 18.4. The Labute approximate surface area is 152 Å². The fourth-order valence-corrected chi connectivity index (χ4v) is 2.77. The summed E-state index contributed by atoms with van der Waals surface area (Å²) in [6.07, 6.45) is 3.44. The maximum atomic E-state index is 12.9. The summed E-state index contributed by atoms with van der Waals surface area (Å²) < 4.78 is 6.74. The molecule has 7 heteroatoms. The number of amides is 1. The predicted molar refractivity (Wildman–Crippen MR) is 98.1 cm³/mol. The van der Waals surface area contributed by atoms with Gasteiger partial charge in [-0.25, -0.2) is 9.50 Å². The van der Waals surface area contributed by atoms with Crippen LogP contribution in [0.1, 0.15) is 28.3 Å². The summed E-state index contributed by atoms with van der Waals surface area (Å²) in [5, 5.41) is 4.32. The van der Waals surface area contributed by atoms with Gasteiger partial charge in [-0.05, 0) is 31.4 Å². The van der Waals surface area contributed by atoms with Crippen molar-refractivity contribution in [2.75, 3.05) is 26.8 Å². The minimum atomic E-state index is -0.194. The highest BCUT2D eigenvalue weighted by Gasteiger charge is 2.21. The number of aryl methyl sites for hydroxylation is 2. The molecule has 1 aromatic carbocycles. The lowest BCUT2D eigenvalue weighted by atomic mass is 10.1. The van der Waals surface area contributed by atoms with Gasteiger partial charge in [0.05, 0.1) is 6.61 Å². The average Bonchev–Trinajstić information content (AvgIpc) is 3.10. The van der Waals surface area contributed by atoms with E-state index in [1.54, 1.807) is 22.7 Å². The van der Waals surface area contributed by atoms with E-state index in [0.29, 0.717) is 25.5 Å². The van der Waals surface area contributed by atoms with Gasteiger partial charge in [0.1, 0.15) is 0 Å². The topological polar surface area (TPSA) is 72.6 Å². The van der Waals surface area contributed by atoms with Crippen LogP contribution in [0, 0.1) is 6.92 Å². The Morgan fingerprint density at radius 3 is 2.73 bits per heavy atom. The molecule has 2 aromatic heterocycles. The first-order valence-corrected chi connectivity index (χ1v) is 8.69. The van der Waals surface area contributed by atoms with E-state index in [-0.39, 0.29) is 11.7 Å². The molecule has 0 saturated heterocycles. The number of methoxy groups -OCH3 is 1. The molecule has 1 amide bonds. The molecule has 0 spiro atoms. The Morgan fingerprint density at radius 1 is 1.19 bits per heavy atom. The molecule has 26 heavy (non-hydrogen) atoms. The maximum absolute atomic E-state index is 12.9. The van der Waals surface area contributed by atoms with E-state index in [2.05, 4.69) is 27.2 Å². The zero-order valence-electron chi connectivity index (χ0n) is 15.1. The van der Waals surface area contributed by atoms with E-state index >= 15 is 0 Å². The van der Waals surface area contributed by atoms with E-state index in [4.69, 9.17) is 4.74 Å². The largest absolute Gasteiger partial charge is 0.383 e. The molecular formula is C19H23N5O2. The van der Waals surface area contributed by atoms with E-state index < -0.39 is 0 Å². The summed E-state index contributed by atoms with van der Waals surface area (Å²) in [5.41, 5.74) is 2.14. The lowest BCUT2D eigenvalue weighted by Crippen LogP contribution is -2.35. The molecule has 0 radical (unpaired) electrons. The number of carbonyl (C=O) groups excluding carboxylic acids is 1. The average molecular weight is 353 g/mol. The number of nitrogens with zero attached hydrogens (tertiary/aromatic N) is 5. The molecule has 2 heterocycles. The minimum absolute atomic E-state index is 0.169. The Hall–Kier alpha value is -2.80. The number of fused-ring (bicyclic) bond motifs is 1. The number of hydrogen-bond donors (Lipinski definition) is 0. The highest BCUT2D eigenvalue weighted by atomic mass is 16.5. The SMILES string of the molecule is COCCN(CCCc1ccccc1)C(=O)c1nc2nccc(C)n2n1. The number of benzene rings is 1. The van der Waals surface area contributed by atoms with Crippen LogP contribution in [0.2, 0.25) is 0 Å². The maximum Gasteiger partial charge on any atom is 0.293 e. The first kappa shape index (κ1) is 18.0. The third kappa shape index (κ3) is 4.23. The minimum Gasteiger partial charge on any atom is -0.383 e. The standard InChI is InChI=1S/C19H23N5O2/c1-15-10-11-20-19-21-17(22-24(15)19)18(25)23(13-14-26-2)12-6-9-16-7-4-3-5-8-16/h3-5,7-8,10-11H,6,9,12-14H2,1-2H3. The summed E-state index contributed by atoms with van der Waals surface area (Å²) in [6, 6.07) is 12.1. The Balaban J connectivity index is 1.70. The lowest BCUT2D eigenvalue weighted by molar-refractivity contribution is 0.0681. The fourth-order valence-electron chi connectivity index (χ4n) is 2.77. The molecular weight excluding hydrogens is 330 g/mol. The van der Waals surface area contributed by atoms with Crippen LogP contribution in [0.15, 0.2) is 42.6 Å². The van der Waals surface area contributed by atoms with Gasteiger partial charge >= 0.3 is 0 Å². The van der Waals surface area contributed by atoms with Crippen molar-refractivity contribution in [1.29, 1.82) is 0 Å². The molecule has 0 fully saturated rings. The summed E-state index contributed by atoms with van der Waals surface area (Å²) >= 11 is 0. The van der Waals surface area contributed by atoms with E-state index in [0.717, 1.165) is 18.5 Å². The monoisotopic (exact) mass is 353 g/mol. The van der Waals surface area contributed by atoms with Crippen molar-refractivity contribution in [2.45, 2.75) is 19.8 Å². The number of hydrogen-bond acceptors (Lipinski definition) is 5. The number of aromatic nitrogens is 4. The third-order valence-electron chi connectivity index (χ3n) is 4.21. The van der Waals surface area contributed by atoms with Gasteiger partial charge in [-0.3, -0.25) is 4.79 Å². The number of ether oxygens (including phenoxy) is 1. The first-order chi connectivity index (χ1) is 12.7. The Morgan fingerprint density at radius 2 is 2.00 bits per heavy atom. The van der Waals surface area contributed by atoms with Gasteiger partial charge in [-0.15, -0.1) is 5.10 Å². The second kappa shape index (κ2) is 8.53. The van der Waals surface area contributed by atoms with Crippen LogP contribution >= 0.6 is 0 Å². The second-order valence-electron chi connectivity index (χ2n) is 6.11. The predicted octanol–water partition coefficient (Wildman–Crippen LogP) is 2.15. The van der Waals surface area contributed by atoms with Crippen LogP contribution in [0.4, 0.5) is 0 Å². The quantitative estimate of drug-likeness (QED) is 0.620. The van der Waals surface area contributed by atoms with Gasteiger partial charge in [0.15, 0.2) is 0 Å². The van der Waals surface area contributed by atoms with Gasteiger partial charge in [-0.2, -0.15) is 4.98 Å². The van der Waals surface area contributed by atoms with Crippen molar-refractivity contribution >= 4 is 11.7 Å². The van der Waals surface area contributed by atoms with Crippen LogP contribution in [-0.4, -0.2) is 57.2 Å². The molecule has 0 aliphatic carbocycles. The third-order valence-corrected chi connectivity index (χ3v) is 4.21.